The molecule has 2 atom stereocenters. The summed E-state index contributed by atoms with van der Waals surface area (Å²) in [5.74, 6) is 0. The molecule has 0 spiro atoms. The predicted molar refractivity (Wildman–Crippen MR) is 77.1 cm³/mol. The molecule has 1 heterocycles. The van der Waals surface area contributed by atoms with E-state index < -0.39 is 5.60 Å². The van der Waals surface area contributed by atoms with Crippen molar-refractivity contribution in [2.24, 2.45) is 0 Å². The predicted octanol–water partition coefficient (Wildman–Crippen LogP) is 2.40. The Morgan fingerprint density at radius 1 is 1.37 bits per heavy atom. The lowest BCUT2D eigenvalue weighted by atomic mass is 9.94. The van der Waals surface area contributed by atoms with E-state index in [0.29, 0.717) is 12.6 Å². The van der Waals surface area contributed by atoms with Gasteiger partial charge in [-0.2, -0.15) is 0 Å². The second kappa shape index (κ2) is 6.51. The Labute approximate surface area is 116 Å². The Balaban J connectivity index is 1.96. The molecule has 2 rings (SSSR count). The normalized spacial score (nSPS) is 24.1. The number of hydrogen-bond acceptors (Lipinski definition) is 3. The molecule has 0 bridgehead atoms. The maximum atomic E-state index is 10.7. The molecule has 0 amide bonds. The second-order valence-corrected chi connectivity index (χ2v) is 5.59. The third kappa shape index (κ3) is 4.03. The van der Waals surface area contributed by atoms with E-state index in [-0.39, 0.29) is 0 Å². The third-order valence-electron chi connectivity index (χ3n) is 3.79. The number of ether oxygens (including phenoxy) is 1. The highest BCUT2D eigenvalue weighted by atomic mass is 16.5. The van der Waals surface area contributed by atoms with Gasteiger partial charge >= 0.3 is 0 Å². The van der Waals surface area contributed by atoms with Crippen LogP contribution < -0.4 is 0 Å². The van der Waals surface area contributed by atoms with E-state index in [0.717, 1.165) is 38.1 Å². The van der Waals surface area contributed by atoms with Crippen LogP contribution in [0, 0.1) is 0 Å². The van der Waals surface area contributed by atoms with E-state index in [9.17, 15) is 5.11 Å². The van der Waals surface area contributed by atoms with Gasteiger partial charge < -0.3 is 9.84 Å². The Morgan fingerprint density at radius 2 is 2.11 bits per heavy atom. The van der Waals surface area contributed by atoms with Gasteiger partial charge in [-0.1, -0.05) is 30.3 Å². The highest BCUT2D eigenvalue weighted by Crippen LogP contribution is 2.24. The van der Waals surface area contributed by atoms with Crippen molar-refractivity contribution in [3.63, 3.8) is 0 Å². The van der Waals surface area contributed by atoms with Gasteiger partial charge in [0.2, 0.25) is 0 Å². The molecule has 1 saturated heterocycles. The standard InChI is InChI=1S/C16H25NO2/c1-3-19-15-10-7-11-17(12-15)13-16(2,18)14-8-5-4-6-9-14/h4-6,8-9,15,18H,3,7,10-13H2,1-2H3. The fourth-order valence-corrected chi connectivity index (χ4v) is 2.85. The number of nitrogens with zero attached hydrogens (tertiary/aromatic N) is 1. The zero-order valence-electron chi connectivity index (χ0n) is 12.0. The lowest BCUT2D eigenvalue weighted by Crippen LogP contribution is -2.46. The lowest BCUT2D eigenvalue weighted by Gasteiger charge is -2.37. The number of piperidine rings is 1. The summed E-state index contributed by atoms with van der Waals surface area (Å²) in [6.45, 7) is 7.35. The lowest BCUT2D eigenvalue weighted by molar-refractivity contribution is -0.0336. The third-order valence-corrected chi connectivity index (χ3v) is 3.79. The highest BCUT2D eigenvalue weighted by Gasteiger charge is 2.29. The van der Waals surface area contributed by atoms with Crippen molar-refractivity contribution in [2.45, 2.75) is 38.4 Å². The molecule has 3 heteroatoms. The topological polar surface area (TPSA) is 32.7 Å². The average molecular weight is 263 g/mol. The van der Waals surface area contributed by atoms with Gasteiger partial charge in [0, 0.05) is 19.7 Å². The van der Waals surface area contributed by atoms with Crippen LogP contribution in [0.15, 0.2) is 30.3 Å². The minimum absolute atomic E-state index is 0.324. The fourth-order valence-electron chi connectivity index (χ4n) is 2.85. The van der Waals surface area contributed by atoms with E-state index in [1.54, 1.807) is 0 Å². The molecule has 3 nitrogen and oxygen atoms in total. The second-order valence-electron chi connectivity index (χ2n) is 5.59. The summed E-state index contributed by atoms with van der Waals surface area (Å²) in [5, 5.41) is 10.7. The summed E-state index contributed by atoms with van der Waals surface area (Å²) in [6, 6.07) is 9.91. The molecule has 0 aromatic heterocycles. The van der Waals surface area contributed by atoms with Crippen molar-refractivity contribution in [3.8, 4) is 0 Å². The molecule has 1 fully saturated rings. The molecule has 0 radical (unpaired) electrons. The van der Waals surface area contributed by atoms with Gasteiger partial charge in [0.05, 0.1) is 11.7 Å². The molecule has 2 unspecified atom stereocenters. The number of rotatable bonds is 5. The SMILES string of the molecule is CCOC1CCCN(CC(C)(O)c2ccccc2)C1. The zero-order chi connectivity index (χ0) is 13.7. The van der Waals surface area contributed by atoms with Crippen molar-refractivity contribution in [3.05, 3.63) is 35.9 Å². The fraction of sp³-hybridized carbons (Fsp3) is 0.625. The monoisotopic (exact) mass is 263 g/mol. The van der Waals surface area contributed by atoms with Crippen molar-refractivity contribution < 1.29 is 9.84 Å². The molecule has 0 saturated carbocycles. The molecule has 19 heavy (non-hydrogen) atoms. The van der Waals surface area contributed by atoms with E-state index in [2.05, 4.69) is 4.90 Å². The summed E-state index contributed by atoms with van der Waals surface area (Å²) < 4.78 is 5.71. The first-order valence-corrected chi connectivity index (χ1v) is 7.23. The van der Waals surface area contributed by atoms with Gasteiger partial charge in [0.1, 0.15) is 0 Å². The van der Waals surface area contributed by atoms with Crippen molar-refractivity contribution in [1.29, 1.82) is 0 Å². The summed E-state index contributed by atoms with van der Waals surface area (Å²) >= 11 is 0. The van der Waals surface area contributed by atoms with Crippen LogP contribution in [0.3, 0.4) is 0 Å². The van der Waals surface area contributed by atoms with Gasteiger partial charge in [-0.05, 0) is 38.8 Å². The van der Waals surface area contributed by atoms with Crippen LogP contribution >= 0.6 is 0 Å². The molecular formula is C16H25NO2. The molecule has 1 aromatic carbocycles. The van der Waals surface area contributed by atoms with E-state index in [1.807, 2.05) is 44.2 Å². The van der Waals surface area contributed by atoms with E-state index in [1.165, 1.54) is 0 Å². The maximum absolute atomic E-state index is 10.7. The molecule has 1 aliphatic heterocycles. The first-order valence-electron chi connectivity index (χ1n) is 7.23. The molecule has 1 N–H and O–H groups in total. The Morgan fingerprint density at radius 3 is 2.79 bits per heavy atom. The summed E-state index contributed by atoms with van der Waals surface area (Å²) in [6.07, 6.45) is 2.61. The summed E-state index contributed by atoms with van der Waals surface area (Å²) in [4.78, 5) is 2.32. The van der Waals surface area contributed by atoms with Gasteiger partial charge in [0.25, 0.3) is 0 Å². The number of benzene rings is 1. The van der Waals surface area contributed by atoms with E-state index in [4.69, 9.17) is 4.74 Å². The van der Waals surface area contributed by atoms with Crippen LogP contribution in [-0.4, -0.2) is 42.4 Å². The quantitative estimate of drug-likeness (QED) is 0.885. The van der Waals surface area contributed by atoms with Crippen molar-refractivity contribution >= 4 is 0 Å². The number of likely N-dealkylation sites (tertiary alicyclic amines) is 1. The minimum atomic E-state index is -0.796. The first-order chi connectivity index (χ1) is 9.12. The van der Waals surface area contributed by atoms with Gasteiger partial charge in [-0.3, -0.25) is 4.90 Å². The van der Waals surface area contributed by atoms with Crippen LogP contribution in [0.4, 0.5) is 0 Å². The highest BCUT2D eigenvalue weighted by molar-refractivity contribution is 5.21. The van der Waals surface area contributed by atoms with Crippen molar-refractivity contribution in [1.82, 2.24) is 4.90 Å². The Bertz CT molecular complexity index is 376. The van der Waals surface area contributed by atoms with Crippen LogP contribution in [0.25, 0.3) is 0 Å². The average Bonchev–Trinajstić information content (AvgIpc) is 2.40. The summed E-state index contributed by atoms with van der Waals surface area (Å²) in [5.41, 5.74) is 0.184. The largest absolute Gasteiger partial charge is 0.384 e. The van der Waals surface area contributed by atoms with Gasteiger partial charge in [-0.15, -0.1) is 0 Å². The van der Waals surface area contributed by atoms with Crippen LogP contribution in [0.5, 0.6) is 0 Å². The molecular weight excluding hydrogens is 238 g/mol. The minimum Gasteiger partial charge on any atom is -0.384 e. The van der Waals surface area contributed by atoms with E-state index >= 15 is 0 Å². The Hall–Kier alpha value is -0.900. The van der Waals surface area contributed by atoms with Crippen LogP contribution in [-0.2, 0) is 10.3 Å². The molecule has 1 aliphatic rings. The smallest absolute Gasteiger partial charge is 0.0994 e. The molecule has 0 aliphatic carbocycles. The summed E-state index contributed by atoms with van der Waals surface area (Å²) in [7, 11) is 0. The molecule has 1 aromatic rings. The number of β-amino-alcohol motifs (C(OH)–C–C–N with tert-alkyl or cyclic N) is 1. The number of aliphatic hydroxyl groups is 1. The van der Waals surface area contributed by atoms with Crippen molar-refractivity contribution in [2.75, 3.05) is 26.2 Å². The Kier molecular flexibility index (Phi) is 4.97. The van der Waals surface area contributed by atoms with Crippen LogP contribution in [0.1, 0.15) is 32.3 Å². The maximum Gasteiger partial charge on any atom is 0.0994 e. The molecule has 106 valence electrons. The number of hydrogen-bond donors (Lipinski definition) is 1. The first kappa shape index (κ1) is 14.5. The zero-order valence-corrected chi connectivity index (χ0v) is 12.0. The van der Waals surface area contributed by atoms with Crippen LogP contribution in [0.2, 0.25) is 0 Å². The van der Waals surface area contributed by atoms with Gasteiger partial charge in [-0.25, -0.2) is 0 Å². The van der Waals surface area contributed by atoms with Gasteiger partial charge in [0.15, 0.2) is 0 Å².